The van der Waals surface area contributed by atoms with Crippen molar-refractivity contribution in [3.63, 3.8) is 0 Å². The topological polar surface area (TPSA) is 70.6 Å². The minimum Gasteiger partial charge on any atom is -0.357 e. The number of hydrogen-bond donors (Lipinski definition) is 2. The zero-order chi connectivity index (χ0) is 16.7. The third kappa shape index (κ3) is 7.83. The van der Waals surface area contributed by atoms with Crippen molar-refractivity contribution in [2.24, 2.45) is 10.9 Å². The quantitative estimate of drug-likeness (QED) is 0.268. The van der Waals surface area contributed by atoms with Crippen LogP contribution in [-0.2, 0) is 15.6 Å². The van der Waals surface area contributed by atoms with Crippen LogP contribution in [0.15, 0.2) is 35.3 Å². The van der Waals surface area contributed by atoms with E-state index in [9.17, 15) is 8.42 Å². The van der Waals surface area contributed by atoms with Crippen LogP contribution in [0.2, 0.25) is 0 Å². The Bertz CT molecular complexity index is 620. The number of nitrogens with zero attached hydrogens (tertiary/aromatic N) is 1. The molecule has 0 saturated heterocycles. The number of hydrogen-bond acceptors (Lipinski definition) is 3. The van der Waals surface area contributed by atoms with E-state index in [2.05, 4.69) is 22.5 Å². The zero-order valence-corrected chi connectivity index (χ0v) is 17.5. The van der Waals surface area contributed by atoms with Gasteiger partial charge in [-0.15, -0.1) is 24.0 Å². The number of halogens is 1. The molecule has 0 radical (unpaired) electrons. The van der Waals surface area contributed by atoms with Crippen LogP contribution in [0.25, 0.3) is 0 Å². The highest BCUT2D eigenvalue weighted by Crippen LogP contribution is 2.28. The smallest absolute Gasteiger partial charge is 0.191 e. The van der Waals surface area contributed by atoms with Gasteiger partial charge in [0.25, 0.3) is 0 Å². The Hall–Kier alpha value is -0.830. The molecule has 1 aromatic rings. The number of nitrogens with one attached hydrogen (secondary N) is 2. The van der Waals surface area contributed by atoms with E-state index in [4.69, 9.17) is 0 Å². The first kappa shape index (κ1) is 21.2. The molecule has 0 aliphatic heterocycles. The molecule has 0 spiro atoms. The Morgan fingerprint density at radius 3 is 2.54 bits per heavy atom. The number of rotatable bonds is 8. The predicted octanol–water partition coefficient (Wildman–Crippen LogP) is 2.57. The van der Waals surface area contributed by atoms with E-state index in [0.717, 1.165) is 18.1 Å². The lowest BCUT2D eigenvalue weighted by Gasteiger charge is -2.10. The van der Waals surface area contributed by atoms with Gasteiger partial charge < -0.3 is 10.6 Å². The van der Waals surface area contributed by atoms with E-state index in [-0.39, 0.29) is 35.5 Å². The molecule has 2 atom stereocenters. The second kappa shape index (κ2) is 10.2. The Balaban J connectivity index is 0.00000288. The van der Waals surface area contributed by atoms with Gasteiger partial charge in [0.05, 0.1) is 11.5 Å². The molecule has 0 heterocycles. The van der Waals surface area contributed by atoms with Gasteiger partial charge in [-0.25, -0.2) is 8.42 Å². The van der Waals surface area contributed by atoms with Crippen molar-refractivity contribution in [1.82, 2.24) is 10.6 Å². The van der Waals surface area contributed by atoms with Crippen LogP contribution >= 0.6 is 24.0 Å². The fourth-order valence-corrected chi connectivity index (χ4v) is 3.81. The van der Waals surface area contributed by atoms with Crippen LogP contribution in [0, 0.1) is 5.92 Å². The number of guanidine groups is 1. The molecule has 2 N–H and O–H groups in total. The Morgan fingerprint density at radius 1 is 1.29 bits per heavy atom. The Kier molecular flexibility index (Phi) is 9.04. The Labute approximate surface area is 162 Å². The summed E-state index contributed by atoms with van der Waals surface area (Å²) in [7, 11) is -3.07. The summed E-state index contributed by atoms with van der Waals surface area (Å²) in [4.78, 5) is 4.47. The highest BCUT2D eigenvalue weighted by atomic mass is 127. The maximum absolute atomic E-state index is 12.1. The molecule has 1 aliphatic rings. The van der Waals surface area contributed by atoms with Crippen molar-refractivity contribution in [3.05, 3.63) is 35.9 Å². The summed E-state index contributed by atoms with van der Waals surface area (Å²) in [5.41, 5.74) is 0.841. The van der Waals surface area contributed by atoms with Crippen LogP contribution in [0.5, 0.6) is 0 Å². The third-order valence-corrected chi connectivity index (χ3v) is 5.57. The van der Waals surface area contributed by atoms with E-state index in [1.54, 1.807) is 0 Å². The predicted molar refractivity (Wildman–Crippen MR) is 111 cm³/mol. The van der Waals surface area contributed by atoms with Crippen molar-refractivity contribution in [3.8, 4) is 0 Å². The monoisotopic (exact) mass is 465 g/mol. The molecule has 2 unspecified atom stereocenters. The van der Waals surface area contributed by atoms with Gasteiger partial charge in [-0.1, -0.05) is 37.3 Å². The van der Waals surface area contributed by atoms with Gasteiger partial charge in [0.15, 0.2) is 15.8 Å². The average molecular weight is 465 g/mol. The summed E-state index contributed by atoms with van der Waals surface area (Å²) in [6.07, 6.45) is 1.72. The molecule has 5 nitrogen and oxygen atoms in total. The van der Waals surface area contributed by atoms with Gasteiger partial charge in [0.1, 0.15) is 0 Å². The number of sulfone groups is 1. The summed E-state index contributed by atoms with van der Waals surface area (Å²) in [5.74, 6) is 1.77. The summed E-state index contributed by atoms with van der Waals surface area (Å²) < 4.78 is 24.2. The fraction of sp³-hybridized carbons (Fsp3) is 0.588. The molecule has 1 saturated carbocycles. The molecule has 1 aromatic carbocycles. The zero-order valence-electron chi connectivity index (χ0n) is 14.4. The first-order valence-corrected chi connectivity index (χ1v) is 10.1. The maximum Gasteiger partial charge on any atom is 0.191 e. The van der Waals surface area contributed by atoms with Crippen molar-refractivity contribution in [1.29, 1.82) is 0 Å². The summed E-state index contributed by atoms with van der Waals surface area (Å²) in [5, 5.41) is 6.57. The minimum absolute atomic E-state index is 0. The molecule has 24 heavy (non-hydrogen) atoms. The molecule has 0 amide bonds. The molecule has 7 heteroatoms. The SMILES string of the molecule is CCNC(=NCCCS(=O)(=O)Cc1ccccc1)NC1CC1C.I. The highest BCUT2D eigenvalue weighted by molar-refractivity contribution is 14.0. The number of aliphatic imine (C=N–C) groups is 1. The van der Waals surface area contributed by atoms with Crippen LogP contribution in [0.3, 0.4) is 0 Å². The highest BCUT2D eigenvalue weighted by Gasteiger charge is 2.33. The maximum atomic E-state index is 12.1. The van der Waals surface area contributed by atoms with Gasteiger partial charge in [-0.2, -0.15) is 0 Å². The largest absolute Gasteiger partial charge is 0.357 e. The van der Waals surface area contributed by atoms with Crippen LogP contribution in [-0.4, -0.2) is 39.3 Å². The van der Waals surface area contributed by atoms with Crippen LogP contribution in [0.1, 0.15) is 32.3 Å². The van der Waals surface area contributed by atoms with E-state index in [0.29, 0.717) is 24.9 Å². The lowest BCUT2D eigenvalue weighted by molar-refractivity contribution is 0.592. The molecule has 0 bridgehead atoms. The Morgan fingerprint density at radius 2 is 1.96 bits per heavy atom. The normalized spacial score (nSPS) is 20.2. The van der Waals surface area contributed by atoms with Gasteiger partial charge in [-0.3, -0.25) is 4.99 Å². The van der Waals surface area contributed by atoms with Gasteiger partial charge in [0.2, 0.25) is 0 Å². The second-order valence-corrected chi connectivity index (χ2v) is 8.34. The van der Waals surface area contributed by atoms with Gasteiger partial charge in [-0.05, 0) is 31.2 Å². The fourth-order valence-electron chi connectivity index (χ4n) is 2.39. The summed E-state index contributed by atoms with van der Waals surface area (Å²) in [6, 6.07) is 9.82. The van der Waals surface area contributed by atoms with E-state index in [1.807, 2.05) is 37.3 Å². The van der Waals surface area contributed by atoms with Gasteiger partial charge in [0, 0.05) is 19.1 Å². The van der Waals surface area contributed by atoms with Crippen molar-refractivity contribution >= 4 is 39.8 Å². The first-order valence-electron chi connectivity index (χ1n) is 8.29. The van der Waals surface area contributed by atoms with Crippen LogP contribution < -0.4 is 10.6 Å². The lowest BCUT2D eigenvalue weighted by atomic mass is 10.2. The molecule has 136 valence electrons. The molecule has 1 aliphatic carbocycles. The third-order valence-electron chi connectivity index (χ3n) is 3.89. The van der Waals surface area contributed by atoms with Gasteiger partial charge >= 0.3 is 0 Å². The summed E-state index contributed by atoms with van der Waals surface area (Å²) >= 11 is 0. The molecule has 1 fully saturated rings. The van der Waals surface area contributed by atoms with Crippen LogP contribution in [0.4, 0.5) is 0 Å². The van der Waals surface area contributed by atoms with Crippen molar-refractivity contribution in [2.75, 3.05) is 18.8 Å². The van der Waals surface area contributed by atoms with E-state index >= 15 is 0 Å². The van der Waals surface area contributed by atoms with E-state index < -0.39 is 9.84 Å². The summed E-state index contributed by atoms with van der Waals surface area (Å²) in [6.45, 7) is 5.55. The number of benzene rings is 1. The van der Waals surface area contributed by atoms with Crippen molar-refractivity contribution in [2.45, 2.75) is 38.5 Å². The average Bonchev–Trinajstić information content (AvgIpc) is 3.19. The molecular formula is C17H28IN3O2S. The standard InChI is InChI=1S/C17H27N3O2S.HI/c1-3-18-17(20-16-12-14(16)2)19-10-7-11-23(21,22)13-15-8-5-4-6-9-15;/h4-6,8-9,14,16H,3,7,10-13H2,1-2H3,(H2,18,19,20);1H. The minimum atomic E-state index is -3.07. The molecular weight excluding hydrogens is 437 g/mol. The second-order valence-electron chi connectivity index (χ2n) is 6.16. The van der Waals surface area contributed by atoms with E-state index in [1.165, 1.54) is 6.42 Å². The lowest BCUT2D eigenvalue weighted by Crippen LogP contribution is -2.39. The molecule has 2 rings (SSSR count). The molecule has 0 aromatic heterocycles. The van der Waals surface area contributed by atoms with Crippen molar-refractivity contribution < 1.29 is 8.42 Å². The first-order chi connectivity index (χ1) is 11.0.